The van der Waals surface area contributed by atoms with E-state index >= 15 is 0 Å². The normalized spacial score (nSPS) is 11.6. The molecule has 0 aliphatic rings. The number of thiophene rings is 1. The average molecular weight is 385 g/mol. The molecule has 0 saturated carbocycles. The Balaban J connectivity index is 1.56. The lowest BCUT2D eigenvalue weighted by Crippen LogP contribution is -1.99. The van der Waals surface area contributed by atoms with Crippen molar-refractivity contribution in [3.05, 3.63) is 88.3 Å². The molecule has 2 aromatic carbocycles. The molecule has 0 aliphatic heterocycles. The lowest BCUT2D eigenvalue weighted by Gasteiger charge is -1.98. The minimum atomic E-state index is -0.222. The fraction of sp³-hybridized carbons (Fsp3) is 0. The van der Waals surface area contributed by atoms with Gasteiger partial charge in [0.1, 0.15) is 5.69 Å². The van der Waals surface area contributed by atoms with E-state index in [4.69, 9.17) is 5.10 Å². The van der Waals surface area contributed by atoms with Crippen LogP contribution in [0.25, 0.3) is 27.3 Å². The van der Waals surface area contributed by atoms with Crippen LogP contribution < -0.4 is 5.69 Å². The third kappa shape index (κ3) is 3.08. The molecule has 7 heteroatoms. The van der Waals surface area contributed by atoms with Crippen molar-refractivity contribution >= 4 is 34.3 Å². The molecule has 0 bridgehead atoms. The van der Waals surface area contributed by atoms with Crippen LogP contribution in [-0.2, 0) is 0 Å². The van der Waals surface area contributed by atoms with Gasteiger partial charge in [0.25, 0.3) is 0 Å². The highest BCUT2D eigenvalue weighted by molar-refractivity contribution is 7.13. The van der Waals surface area contributed by atoms with Gasteiger partial charge < -0.3 is 9.97 Å². The van der Waals surface area contributed by atoms with Crippen LogP contribution in [0.4, 0.5) is 5.69 Å². The van der Waals surface area contributed by atoms with Crippen LogP contribution >= 0.6 is 11.3 Å². The van der Waals surface area contributed by atoms with Gasteiger partial charge in [-0.15, -0.1) is 11.3 Å². The van der Waals surface area contributed by atoms with Gasteiger partial charge in [-0.25, -0.2) is 9.48 Å². The van der Waals surface area contributed by atoms with Gasteiger partial charge in [-0.3, -0.25) is 4.99 Å². The van der Waals surface area contributed by atoms with Crippen LogP contribution in [0.3, 0.4) is 0 Å². The van der Waals surface area contributed by atoms with Crippen LogP contribution in [0.5, 0.6) is 0 Å². The van der Waals surface area contributed by atoms with Crippen LogP contribution in [0.1, 0.15) is 5.56 Å². The van der Waals surface area contributed by atoms with Crippen molar-refractivity contribution < 1.29 is 0 Å². The fourth-order valence-corrected chi connectivity index (χ4v) is 3.78. The number of nitrogens with zero attached hydrogens (tertiary/aromatic N) is 3. The number of hydrogen-bond donors (Lipinski definition) is 2. The number of nitrogens with one attached hydrogen (secondary N) is 2. The molecule has 3 heterocycles. The van der Waals surface area contributed by atoms with Crippen LogP contribution in [-0.4, -0.2) is 26.0 Å². The van der Waals surface area contributed by atoms with E-state index in [-0.39, 0.29) is 5.69 Å². The molecule has 0 aliphatic carbocycles. The van der Waals surface area contributed by atoms with Gasteiger partial charge in [0.15, 0.2) is 0 Å². The maximum atomic E-state index is 11.4. The molecule has 3 aromatic heterocycles. The van der Waals surface area contributed by atoms with Gasteiger partial charge in [0, 0.05) is 18.0 Å². The number of para-hydroxylation sites is 1. The number of rotatable bonds is 4. The van der Waals surface area contributed by atoms with Gasteiger partial charge in [0.2, 0.25) is 0 Å². The van der Waals surface area contributed by atoms with Crippen molar-refractivity contribution in [1.82, 2.24) is 19.7 Å². The van der Waals surface area contributed by atoms with E-state index in [1.807, 2.05) is 77.1 Å². The largest absolute Gasteiger partial charge is 0.323 e. The molecule has 6 nitrogen and oxygen atoms in total. The summed E-state index contributed by atoms with van der Waals surface area (Å²) in [6.07, 6.45) is 3.79. The number of benzene rings is 2. The SMILES string of the molecule is O=c1[nH]c2ccc(N=Cc3cn(-c4ccccc4)nc3-c3cccs3)cc2[nH]1. The van der Waals surface area contributed by atoms with Gasteiger partial charge in [-0.2, -0.15) is 5.10 Å². The zero-order chi connectivity index (χ0) is 18.9. The van der Waals surface area contributed by atoms with Crippen LogP contribution in [0.15, 0.2) is 82.0 Å². The topological polar surface area (TPSA) is 78.8 Å². The highest BCUT2D eigenvalue weighted by atomic mass is 32.1. The number of fused-ring (bicyclic) bond motifs is 1. The second-order valence-electron chi connectivity index (χ2n) is 6.26. The third-order valence-corrected chi connectivity index (χ3v) is 5.25. The molecule has 0 saturated heterocycles. The molecule has 0 spiro atoms. The number of H-pyrrole nitrogens is 2. The number of aromatic nitrogens is 4. The molecule has 2 N–H and O–H groups in total. The van der Waals surface area contributed by atoms with Gasteiger partial charge in [0.05, 0.1) is 27.3 Å². The highest BCUT2D eigenvalue weighted by Gasteiger charge is 2.12. The summed E-state index contributed by atoms with van der Waals surface area (Å²) < 4.78 is 1.86. The average Bonchev–Trinajstić information content (AvgIpc) is 3.45. The Hall–Kier alpha value is -3.71. The Bertz CT molecular complexity index is 1330. The summed E-state index contributed by atoms with van der Waals surface area (Å²) in [5.41, 5.74) is 4.84. The van der Waals surface area contributed by atoms with Crippen LogP contribution in [0.2, 0.25) is 0 Å². The van der Waals surface area contributed by atoms with E-state index in [0.717, 1.165) is 38.5 Å². The summed E-state index contributed by atoms with van der Waals surface area (Å²) in [4.78, 5) is 22.6. The van der Waals surface area contributed by atoms with E-state index in [9.17, 15) is 4.79 Å². The first kappa shape index (κ1) is 16.5. The molecule has 5 rings (SSSR count). The van der Waals surface area contributed by atoms with E-state index in [2.05, 4.69) is 21.0 Å². The van der Waals surface area contributed by atoms with Crippen molar-refractivity contribution in [2.45, 2.75) is 0 Å². The van der Waals surface area contributed by atoms with Crippen molar-refractivity contribution in [3.63, 3.8) is 0 Å². The summed E-state index contributed by atoms with van der Waals surface area (Å²) in [5.74, 6) is 0. The minimum absolute atomic E-state index is 0.222. The molecular weight excluding hydrogens is 370 g/mol. The second kappa shape index (κ2) is 6.79. The second-order valence-corrected chi connectivity index (χ2v) is 7.21. The van der Waals surface area contributed by atoms with Crippen molar-refractivity contribution in [1.29, 1.82) is 0 Å². The first-order valence-electron chi connectivity index (χ1n) is 8.71. The summed E-state index contributed by atoms with van der Waals surface area (Å²) in [6.45, 7) is 0. The first-order chi connectivity index (χ1) is 13.8. The lowest BCUT2D eigenvalue weighted by molar-refractivity contribution is 0.885. The van der Waals surface area contributed by atoms with Gasteiger partial charge in [-0.1, -0.05) is 24.3 Å². The lowest BCUT2D eigenvalue weighted by atomic mass is 10.2. The number of aliphatic imine (C=N–C) groups is 1. The summed E-state index contributed by atoms with van der Waals surface area (Å²) in [7, 11) is 0. The van der Waals surface area contributed by atoms with Crippen LogP contribution in [0, 0.1) is 0 Å². The van der Waals surface area contributed by atoms with E-state index in [1.54, 1.807) is 11.3 Å². The first-order valence-corrected chi connectivity index (χ1v) is 9.59. The number of aromatic amines is 2. The number of imidazole rings is 1. The monoisotopic (exact) mass is 385 g/mol. The Kier molecular flexibility index (Phi) is 3.99. The summed E-state index contributed by atoms with van der Waals surface area (Å²) >= 11 is 1.64. The predicted molar refractivity (Wildman–Crippen MR) is 113 cm³/mol. The van der Waals surface area contributed by atoms with E-state index in [0.29, 0.717) is 0 Å². The fourth-order valence-electron chi connectivity index (χ4n) is 3.04. The Morgan fingerprint density at radius 1 is 1.00 bits per heavy atom. The maximum Gasteiger partial charge on any atom is 0.323 e. The van der Waals surface area contributed by atoms with E-state index < -0.39 is 0 Å². The molecule has 0 unspecified atom stereocenters. The molecule has 136 valence electrons. The highest BCUT2D eigenvalue weighted by Crippen LogP contribution is 2.27. The Morgan fingerprint density at radius 3 is 2.68 bits per heavy atom. The molecule has 0 atom stereocenters. The molecule has 0 radical (unpaired) electrons. The predicted octanol–water partition coefficient (Wildman–Crippen LogP) is 4.52. The summed E-state index contributed by atoms with van der Waals surface area (Å²) in [6, 6.07) is 19.6. The quantitative estimate of drug-likeness (QED) is 0.446. The van der Waals surface area contributed by atoms with Crippen molar-refractivity contribution in [2.24, 2.45) is 4.99 Å². The molecule has 28 heavy (non-hydrogen) atoms. The van der Waals surface area contributed by atoms with E-state index in [1.165, 1.54) is 0 Å². The standard InChI is InChI=1S/C21H15N5OS/c27-21-23-17-9-8-15(11-18(17)24-21)22-12-14-13-26(16-5-2-1-3-6-16)25-20(14)19-7-4-10-28-19/h1-13H,(H2,23,24,27). The zero-order valence-electron chi connectivity index (χ0n) is 14.7. The van der Waals surface area contributed by atoms with Crippen molar-refractivity contribution in [3.8, 4) is 16.3 Å². The smallest absolute Gasteiger partial charge is 0.306 e. The van der Waals surface area contributed by atoms with Gasteiger partial charge >= 0.3 is 5.69 Å². The minimum Gasteiger partial charge on any atom is -0.306 e. The Labute approximate surface area is 163 Å². The maximum absolute atomic E-state index is 11.4. The Morgan fingerprint density at radius 2 is 1.86 bits per heavy atom. The molecular formula is C21H15N5OS. The number of hydrogen-bond acceptors (Lipinski definition) is 4. The third-order valence-electron chi connectivity index (χ3n) is 4.37. The van der Waals surface area contributed by atoms with Crippen molar-refractivity contribution in [2.75, 3.05) is 0 Å². The zero-order valence-corrected chi connectivity index (χ0v) is 15.5. The summed E-state index contributed by atoms with van der Waals surface area (Å²) in [5, 5.41) is 6.81. The van der Waals surface area contributed by atoms with Gasteiger partial charge in [-0.05, 0) is 41.8 Å². The molecule has 0 amide bonds. The molecule has 0 fully saturated rings. The molecule has 5 aromatic rings.